The number of halogens is 3. The highest BCUT2D eigenvalue weighted by Gasteiger charge is 2.34. The molecule has 0 aliphatic carbocycles. The highest BCUT2D eigenvalue weighted by molar-refractivity contribution is 7.99. The molecule has 0 spiro atoms. The monoisotopic (exact) mass is 453 g/mol. The first-order valence-electron chi connectivity index (χ1n) is 10.1. The molecule has 1 aromatic heterocycles. The first kappa shape index (κ1) is 21.7. The van der Waals surface area contributed by atoms with Crippen LogP contribution in [0.5, 0.6) is 11.5 Å². The number of carbonyl (C=O) groups excluding carboxylic acids is 1. The zero-order chi connectivity index (χ0) is 22.0. The summed E-state index contributed by atoms with van der Waals surface area (Å²) < 4.78 is 50.8. The van der Waals surface area contributed by atoms with Crippen LogP contribution in [0.3, 0.4) is 0 Å². The molecule has 0 bridgehead atoms. The van der Waals surface area contributed by atoms with Crippen molar-refractivity contribution in [2.75, 3.05) is 19.1 Å². The van der Waals surface area contributed by atoms with Crippen molar-refractivity contribution in [2.45, 2.75) is 50.0 Å². The zero-order valence-electron chi connectivity index (χ0n) is 16.9. The number of rotatable bonds is 5. The third-order valence-electron chi connectivity index (χ3n) is 5.33. The van der Waals surface area contributed by atoms with Gasteiger partial charge in [-0.3, -0.25) is 4.79 Å². The third-order valence-corrected chi connectivity index (χ3v) is 6.18. The average molecular weight is 453 g/mol. The van der Waals surface area contributed by atoms with E-state index in [2.05, 4.69) is 9.97 Å². The van der Waals surface area contributed by atoms with Gasteiger partial charge in [-0.15, -0.1) is 0 Å². The summed E-state index contributed by atoms with van der Waals surface area (Å²) in [6.45, 7) is 2.83. The molecule has 0 N–H and O–H groups in total. The van der Waals surface area contributed by atoms with Crippen LogP contribution in [0.25, 0.3) is 11.3 Å². The summed E-state index contributed by atoms with van der Waals surface area (Å²) in [6, 6.07) is 5.99. The van der Waals surface area contributed by atoms with Gasteiger partial charge in [0.2, 0.25) is 12.7 Å². The van der Waals surface area contributed by atoms with E-state index >= 15 is 0 Å². The van der Waals surface area contributed by atoms with E-state index in [4.69, 9.17) is 9.47 Å². The molecule has 2 aliphatic heterocycles. The number of thioether (sulfide) groups is 1. The average Bonchev–Trinajstić information content (AvgIpc) is 3.21. The molecule has 1 saturated heterocycles. The van der Waals surface area contributed by atoms with Crippen LogP contribution in [0.15, 0.2) is 29.4 Å². The molecule has 0 saturated carbocycles. The Hall–Kier alpha value is -2.49. The number of hydrogen-bond donors (Lipinski definition) is 0. The molecule has 1 aromatic carbocycles. The minimum Gasteiger partial charge on any atom is -0.454 e. The Morgan fingerprint density at radius 1 is 1.19 bits per heavy atom. The van der Waals surface area contributed by atoms with Gasteiger partial charge in [-0.2, -0.15) is 13.2 Å². The fraction of sp³-hybridized carbons (Fsp3) is 0.476. The van der Waals surface area contributed by atoms with Crippen LogP contribution < -0.4 is 9.47 Å². The number of aromatic nitrogens is 2. The summed E-state index contributed by atoms with van der Waals surface area (Å²) in [7, 11) is 0. The first-order valence-corrected chi connectivity index (χ1v) is 11.1. The lowest BCUT2D eigenvalue weighted by Gasteiger charge is -2.33. The Labute approximate surface area is 182 Å². The van der Waals surface area contributed by atoms with Crippen LogP contribution in [-0.4, -0.2) is 45.9 Å². The smallest absolute Gasteiger partial charge is 0.433 e. The standard InChI is InChI=1S/C21H22F3N3O3S/c1-13-4-2-3-8-27(13)19(28)7-9-31-20-25-15(11-18(26-20)21(22,23)24)14-5-6-16-17(10-14)30-12-29-16/h5-6,10-11,13H,2-4,7-9,12H2,1H3/t13-/m1/s1. The van der Waals surface area contributed by atoms with Crippen molar-refractivity contribution in [3.63, 3.8) is 0 Å². The van der Waals surface area contributed by atoms with Gasteiger partial charge in [-0.25, -0.2) is 9.97 Å². The molecule has 2 aliphatic rings. The van der Waals surface area contributed by atoms with Gasteiger partial charge in [0.25, 0.3) is 0 Å². The molecule has 0 unspecified atom stereocenters. The maximum atomic E-state index is 13.4. The molecule has 1 atom stereocenters. The van der Waals surface area contributed by atoms with Crippen molar-refractivity contribution in [2.24, 2.45) is 0 Å². The molecule has 6 nitrogen and oxygen atoms in total. The van der Waals surface area contributed by atoms with Gasteiger partial charge in [-0.05, 0) is 50.5 Å². The van der Waals surface area contributed by atoms with E-state index in [9.17, 15) is 18.0 Å². The Balaban J connectivity index is 1.50. The number of amides is 1. The van der Waals surface area contributed by atoms with E-state index in [1.54, 1.807) is 18.2 Å². The molecule has 10 heteroatoms. The Bertz CT molecular complexity index is 971. The van der Waals surface area contributed by atoms with E-state index < -0.39 is 11.9 Å². The summed E-state index contributed by atoms with van der Waals surface area (Å²) in [5.41, 5.74) is -0.412. The molecule has 0 radical (unpaired) electrons. The van der Waals surface area contributed by atoms with Gasteiger partial charge in [-0.1, -0.05) is 11.8 Å². The number of piperidine rings is 1. The molecule has 1 fully saturated rings. The van der Waals surface area contributed by atoms with E-state index in [1.807, 2.05) is 11.8 Å². The molecule has 1 amide bonds. The molecule has 3 heterocycles. The second-order valence-corrected chi connectivity index (χ2v) is 8.58. The summed E-state index contributed by atoms with van der Waals surface area (Å²) in [5, 5.41) is -0.0121. The molecular weight excluding hydrogens is 431 g/mol. The van der Waals surface area contributed by atoms with Crippen LogP contribution in [-0.2, 0) is 11.0 Å². The predicted octanol–water partition coefficient (Wildman–Crippen LogP) is 4.77. The van der Waals surface area contributed by atoms with Gasteiger partial charge >= 0.3 is 6.18 Å². The summed E-state index contributed by atoms with van der Waals surface area (Å²) in [5.74, 6) is 1.32. The summed E-state index contributed by atoms with van der Waals surface area (Å²) in [6.07, 6.45) is -1.30. The maximum absolute atomic E-state index is 13.4. The van der Waals surface area contributed by atoms with Gasteiger partial charge in [0.15, 0.2) is 16.7 Å². The van der Waals surface area contributed by atoms with E-state index in [0.717, 1.165) is 43.6 Å². The number of benzene rings is 1. The normalized spacial score (nSPS) is 18.3. The Kier molecular flexibility index (Phi) is 6.27. The highest BCUT2D eigenvalue weighted by Crippen LogP contribution is 2.37. The van der Waals surface area contributed by atoms with Gasteiger partial charge < -0.3 is 14.4 Å². The minimum atomic E-state index is -4.61. The summed E-state index contributed by atoms with van der Waals surface area (Å²) in [4.78, 5) is 22.3. The van der Waals surface area contributed by atoms with Gasteiger partial charge in [0.1, 0.15) is 5.69 Å². The zero-order valence-corrected chi connectivity index (χ0v) is 17.8. The largest absolute Gasteiger partial charge is 0.454 e. The van der Waals surface area contributed by atoms with Crippen molar-refractivity contribution in [3.8, 4) is 22.8 Å². The summed E-state index contributed by atoms with van der Waals surface area (Å²) >= 11 is 1.05. The van der Waals surface area contributed by atoms with Crippen molar-refractivity contribution in [3.05, 3.63) is 30.0 Å². The van der Waals surface area contributed by atoms with Crippen molar-refractivity contribution in [1.82, 2.24) is 14.9 Å². The fourth-order valence-electron chi connectivity index (χ4n) is 3.68. The van der Waals surface area contributed by atoms with Crippen LogP contribution in [0, 0.1) is 0 Å². The molecule has 4 rings (SSSR count). The fourth-order valence-corrected chi connectivity index (χ4v) is 4.47. The Morgan fingerprint density at radius 3 is 2.77 bits per heavy atom. The van der Waals surface area contributed by atoms with Crippen molar-refractivity contribution in [1.29, 1.82) is 0 Å². The van der Waals surface area contributed by atoms with E-state index in [0.29, 0.717) is 22.8 Å². The number of alkyl halides is 3. The maximum Gasteiger partial charge on any atom is 0.433 e. The number of likely N-dealkylation sites (tertiary alicyclic amines) is 1. The highest BCUT2D eigenvalue weighted by atomic mass is 32.2. The molecule has 2 aromatic rings. The molecule has 166 valence electrons. The van der Waals surface area contributed by atoms with Crippen LogP contribution in [0.1, 0.15) is 38.3 Å². The van der Waals surface area contributed by atoms with Crippen molar-refractivity contribution >= 4 is 17.7 Å². The third kappa shape index (κ3) is 5.06. The van der Waals surface area contributed by atoms with Crippen LogP contribution in [0.2, 0.25) is 0 Å². The Morgan fingerprint density at radius 2 is 2.00 bits per heavy atom. The quantitative estimate of drug-likeness (QED) is 0.480. The second kappa shape index (κ2) is 8.94. The number of ether oxygens (including phenoxy) is 2. The number of fused-ring (bicyclic) bond motifs is 1. The van der Waals surface area contributed by atoms with Crippen molar-refractivity contribution < 1.29 is 27.4 Å². The number of hydrogen-bond acceptors (Lipinski definition) is 6. The van der Waals surface area contributed by atoms with E-state index in [-0.39, 0.29) is 36.0 Å². The predicted molar refractivity (Wildman–Crippen MR) is 109 cm³/mol. The molecule has 31 heavy (non-hydrogen) atoms. The van der Waals surface area contributed by atoms with Crippen LogP contribution >= 0.6 is 11.8 Å². The second-order valence-electron chi connectivity index (χ2n) is 7.52. The lowest BCUT2D eigenvalue weighted by molar-refractivity contribution is -0.141. The number of carbonyl (C=O) groups is 1. The van der Waals surface area contributed by atoms with Crippen LogP contribution in [0.4, 0.5) is 13.2 Å². The first-order chi connectivity index (χ1) is 14.8. The SMILES string of the molecule is C[C@@H]1CCCCN1C(=O)CCSc1nc(-c2ccc3c(c2)OCO3)cc(C(F)(F)F)n1. The number of nitrogens with zero attached hydrogens (tertiary/aromatic N) is 3. The molecular formula is C21H22F3N3O3S. The topological polar surface area (TPSA) is 64.6 Å². The van der Waals surface area contributed by atoms with E-state index in [1.165, 1.54) is 0 Å². The lowest BCUT2D eigenvalue weighted by atomic mass is 10.0. The van der Waals surface area contributed by atoms with Gasteiger partial charge in [0, 0.05) is 30.3 Å². The minimum absolute atomic E-state index is 0.0121. The van der Waals surface area contributed by atoms with Gasteiger partial charge in [0.05, 0.1) is 5.69 Å². The lowest BCUT2D eigenvalue weighted by Crippen LogP contribution is -2.42.